The third-order valence-electron chi connectivity index (χ3n) is 5.25. The van der Waals surface area contributed by atoms with Gasteiger partial charge < -0.3 is 14.2 Å². The molecule has 0 spiro atoms. The standard InChI is InChI=1S/C25H25N3O4S/c1-17(18-4-6-19(30-2)7-5-18)28-33(26,29)22-11-8-20(9-12-22)32-25-14-15-27-24-16-21(31-3)10-13-23(24)25/h4-17H,1-3H3,(H2,26,28,29)/t17-,33?/m1/s1. The molecule has 1 unspecified atom stereocenters. The lowest BCUT2D eigenvalue weighted by atomic mass is 10.1. The smallest absolute Gasteiger partial charge is 0.138 e. The number of ether oxygens (including phenoxy) is 3. The summed E-state index contributed by atoms with van der Waals surface area (Å²) in [4.78, 5) is 4.74. The van der Waals surface area contributed by atoms with Crippen molar-refractivity contribution in [2.45, 2.75) is 17.9 Å². The van der Waals surface area contributed by atoms with Gasteiger partial charge in [0.05, 0.1) is 24.6 Å². The van der Waals surface area contributed by atoms with E-state index in [1.807, 2.05) is 49.4 Å². The first-order valence-electron chi connectivity index (χ1n) is 10.3. The van der Waals surface area contributed by atoms with Gasteiger partial charge in [0, 0.05) is 23.7 Å². The number of nitrogens with one attached hydrogen (secondary N) is 2. The highest BCUT2D eigenvalue weighted by atomic mass is 32.2. The van der Waals surface area contributed by atoms with Gasteiger partial charge >= 0.3 is 0 Å². The third-order valence-corrected chi connectivity index (χ3v) is 6.87. The lowest BCUT2D eigenvalue weighted by Gasteiger charge is -2.17. The van der Waals surface area contributed by atoms with Gasteiger partial charge in [-0.05, 0) is 67.1 Å². The average Bonchev–Trinajstić information content (AvgIpc) is 2.84. The molecule has 0 radical (unpaired) electrons. The Labute approximate surface area is 193 Å². The minimum Gasteiger partial charge on any atom is -0.497 e. The Bertz CT molecular complexity index is 1360. The second-order valence-corrected chi connectivity index (χ2v) is 9.25. The number of hydrogen-bond donors (Lipinski definition) is 2. The molecule has 0 amide bonds. The summed E-state index contributed by atoms with van der Waals surface area (Å²) >= 11 is 0. The van der Waals surface area contributed by atoms with Gasteiger partial charge in [-0.15, -0.1) is 0 Å². The zero-order chi connectivity index (χ0) is 23.4. The van der Waals surface area contributed by atoms with Crippen LogP contribution in [0.4, 0.5) is 0 Å². The second kappa shape index (κ2) is 9.48. The van der Waals surface area contributed by atoms with Crippen molar-refractivity contribution < 1.29 is 18.4 Å². The van der Waals surface area contributed by atoms with Crippen LogP contribution in [0.2, 0.25) is 0 Å². The molecule has 0 saturated carbocycles. The van der Waals surface area contributed by atoms with Crippen LogP contribution >= 0.6 is 0 Å². The quantitative estimate of drug-likeness (QED) is 0.349. The maximum Gasteiger partial charge on any atom is 0.138 e. The van der Waals surface area contributed by atoms with Gasteiger partial charge in [0.1, 0.15) is 32.9 Å². The minimum atomic E-state index is -3.22. The fourth-order valence-corrected chi connectivity index (χ4v) is 4.71. The highest BCUT2D eigenvalue weighted by molar-refractivity contribution is 7.90. The Morgan fingerprint density at radius 1 is 0.879 bits per heavy atom. The molecule has 2 N–H and O–H groups in total. The van der Waals surface area contributed by atoms with E-state index >= 15 is 0 Å². The molecule has 8 heteroatoms. The summed E-state index contributed by atoms with van der Waals surface area (Å²) in [5, 5.41) is 0.849. The lowest BCUT2D eigenvalue weighted by molar-refractivity contribution is 0.414. The number of methoxy groups -OCH3 is 2. The van der Waals surface area contributed by atoms with Crippen molar-refractivity contribution in [2.24, 2.45) is 0 Å². The number of nitrogens with zero attached hydrogens (tertiary/aromatic N) is 1. The zero-order valence-electron chi connectivity index (χ0n) is 18.6. The van der Waals surface area contributed by atoms with E-state index in [4.69, 9.17) is 19.0 Å². The molecule has 0 aliphatic heterocycles. The van der Waals surface area contributed by atoms with E-state index in [0.29, 0.717) is 16.4 Å². The van der Waals surface area contributed by atoms with Crippen molar-refractivity contribution >= 4 is 20.8 Å². The first-order valence-corrected chi connectivity index (χ1v) is 11.9. The maximum atomic E-state index is 13.1. The molecular formula is C25H25N3O4S. The van der Waals surface area contributed by atoms with Gasteiger partial charge in [-0.1, -0.05) is 12.1 Å². The van der Waals surface area contributed by atoms with Crippen LogP contribution in [0, 0.1) is 4.78 Å². The van der Waals surface area contributed by atoms with Crippen LogP contribution < -0.4 is 18.9 Å². The van der Waals surface area contributed by atoms with Gasteiger partial charge in [-0.25, -0.2) is 13.7 Å². The number of hydrogen-bond acceptors (Lipinski definition) is 6. The van der Waals surface area contributed by atoms with Crippen LogP contribution in [0.25, 0.3) is 10.9 Å². The molecule has 2 atom stereocenters. The topological polar surface area (TPSA) is 93.5 Å². The molecule has 7 nitrogen and oxygen atoms in total. The Morgan fingerprint density at radius 2 is 1.52 bits per heavy atom. The van der Waals surface area contributed by atoms with E-state index in [-0.39, 0.29) is 6.04 Å². The van der Waals surface area contributed by atoms with Gasteiger partial charge in [0.15, 0.2) is 0 Å². The van der Waals surface area contributed by atoms with E-state index in [9.17, 15) is 4.21 Å². The Kier molecular flexibility index (Phi) is 6.48. The molecule has 3 aromatic carbocycles. The molecule has 1 aromatic heterocycles. The van der Waals surface area contributed by atoms with Crippen molar-refractivity contribution in [3.8, 4) is 23.0 Å². The van der Waals surface area contributed by atoms with Crippen LogP contribution in [0.1, 0.15) is 18.5 Å². The van der Waals surface area contributed by atoms with E-state index in [2.05, 4.69) is 9.71 Å². The SMILES string of the molecule is COc1ccc([C@@H](C)NS(=N)(=O)c2ccc(Oc3ccnc4cc(OC)ccc34)cc2)cc1. The fourth-order valence-electron chi connectivity index (χ4n) is 3.42. The molecule has 0 bridgehead atoms. The van der Waals surface area contributed by atoms with E-state index in [1.54, 1.807) is 50.7 Å². The van der Waals surface area contributed by atoms with Crippen LogP contribution in [-0.2, 0) is 9.92 Å². The third kappa shape index (κ3) is 5.08. The fraction of sp³-hybridized carbons (Fsp3) is 0.160. The molecule has 4 aromatic rings. The summed E-state index contributed by atoms with van der Waals surface area (Å²) in [7, 11) is 0.00123. The Morgan fingerprint density at radius 3 is 2.18 bits per heavy atom. The molecular weight excluding hydrogens is 438 g/mol. The van der Waals surface area contributed by atoms with Gasteiger partial charge in [0.25, 0.3) is 0 Å². The van der Waals surface area contributed by atoms with Crippen molar-refractivity contribution in [3.05, 3.63) is 84.6 Å². The highest BCUT2D eigenvalue weighted by Crippen LogP contribution is 2.31. The summed E-state index contributed by atoms with van der Waals surface area (Å²) in [5.41, 5.74) is 1.67. The van der Waals surface area contributed by atoms with Crippen LogP contribution in [0.15, 0.2) is 83.9 Å². The number of benzene rings is 3. The number of pyridine rings is 1. The minimum absolute atomic E-state index is 0.281. The van der Waals surface area contributed by atoms with Crippen LogP contribution in [0.5, 0.6) is 23.0 Å². The second-order valence-electron chi connectivity index (χ2n) is 7.43. The van der Waals surface area contributed by atoms with Crippen LogP contribution in [-0.4, -0.2) is 23.4 Å². The molecule has 170 valence electrons. The van der Waals surface area contributed by atoms with Gasteiger partial charge in [-0.3, -0.25) is 4.98 Å². The van der Waals surface area contributed by atoms with E-state index in [0.717, 1.165) is 28.0 Å². The predicted molar refractivity (Wildman–Crippen MR) is 128 cm³/mol. The molecule has 0 aliphatic rings. The zero-order valence-corrected chi connectivity index (χ0v) is 19.4. The average molecular weight is 464 g/mol. The molecule has 0 saturated heterocycles. The van der Waals surface area contributed by atoms with Gasteiger partial charge in [0.2, 0.25) is 0 Å². The number of fused-ring (bicyclic) bond motifs is 1. The molecule has 1 heterocycles. The lowest BCUT2D eigenvalue weighted by Crippen LogP contribution is -2.25. The van der Waals surface area contributed by atoms with E-state index in [1.165, 1.54) is 0 Å². The monoisotopic (exact) mass is 463 g/mol. The van der Waals surface area contributed by atoms with Crippen molar-refractivity contribution in [2.75, 3.05) is 14.2 Å². The highest BCUT2D eigenvalue weighted by Gasteiger charge is 2.16. The summed E-state index contributed by atoms with van der Waals surface area (Å²) < 4.78 is 40.9. The molecule has 4 rings (SSSR count). The first-order chi connectivity index (χ1) is 15.9. The van der Waals surface area contributed by atoms with E-state index < -0.39 is 9.92 Å². The van der Waals surface area contributed by atoms with Gasteiger partial charge in [-0.2, -0.15) is 0 Å². The molecule has 0 aliphatic carbocycles. The summed E-state index contributed by atoms with van der Waals surface area (Å²) in [6, 6.07) is 21.2. The Hall–Kier alpha value is -3.62. The summed E-state index contributed by atoms with van der Waals surface area (Å²) in [6.45, 7) is 1.87. The number of rotatable bonds is 8. The number of aromatic nitrogens is 1. The van der Waals surface area contributed by atoms with Crippen LogP contribution in [0.3, 0.4) is 0 Å². The predicted octanol–water partition coefficient (Wildman–Crippen LogP) is 5.72. The largest absolute Gasteiger partial charge is 0.497 e. The summed E-state index contributed by atoms with van der Waals surface area (Å²) in [5.74, 6) is 2.68. The molecule has 33 heavy (non-hydrogen) atoms. The normalized spacial score (nSPS) is 13.8. The summed E-state index contributed by atoms with van der Waals surface area (Å²) in [6.07, 6.45) is 1.67. The van der Waals surface area contributed by atoms with Crippen molar-refractivity contribution in [1.82, 2.24) is 9.71 Å². The molecule has 0 fully saturated rings. The first kappa shape index (κ1) is 22.6. The Balaban J connectivity index is 1.50. The maximum absolute atomic E-state index is 13.1. The van der Waals surface area contributed by atoms with Crippen molar-refractivity contribution in [3.63, 3.8) is 0 Å². The van der Waals surface area contributed by atoms with Crippen molar-refractivity contribution in [1.29, 1.82) is 4.78 Å².